The number of amides is 1. The van der Waals surface area contributed by atoms with Gasteiger partial charge in [0.05, 0.1) is 9.60 Å². The third-order valence-electron chi connectivity index (χ3n) is 4.50. The lowest BCUT2D eigenvalue weighted by molar-refractivity contribution is 0.102. The normalized spacial score (nSPS) is 11.9. The fourth-order valence-corrected chi connectivity index (χ4v) is 5.28. The Bertz CT molecular complexity index is 1160. The smallest absolute Gasteiger partial charge is 0.257 e. The van der Waals surface area contributed by atoms with E-state index in [9.17, 15) is 22.0 Å². The van der Waals surface area contributed by atoms with E-state index >= 15 is 0 Å². The van der Waals surface area contributed by atoms with Crippen LogP contribution < -0.4 is 5.32 Å². The van der Waals surface area contributed by atoms with Crippen LogP contribution >= 0.6 is 11.3 Å². The molecule has 1 amide bonds. The molecule has 1 N–H and O–H groups in total. The number of hydrogen-bond donors (Lipinski definition) is 1. The number of hydrogen-bond acceptors (Lipinski definition) is 5. The lowest BCUT2D eigenvalue weighted by Crippen LogP contribution is -2.31. The molecule has 0 unspecified atom stereocenters. The minimum Gasteiger partial charge on any atom is -0.298 e. The minimum absolute atomic E-state index is 0.0233. The average Bonchev–Trinajstić information content (AvgIpc) is 3.11. The second kappa shape index (κ2) is 9.15. The van der Waals surface area contributed by atoms with Crippen LogP contribution in [0.3, 0.4) is 0 Å². The highest BCUT2D eigenvalue weighted by molar-refractivity contribution is 7.89. The highest BCUT2D eigenvalue weighted by Gasteiger charge is 2.23. The monoisotopic (exact) mass is 453 g/mol. The van der Waals surface area contributed by atoms with Crippen LogP contribution in [0.1, 0.15) is 37.0 Å². The summed E-state index contributed by atoms with van der Waals surface area (Å²) in [5.74, 6) is -2.06. The first kappa shape index (κ1) is 22.3. The quantitative estimate of drug-likeness (QED) is 0.539. The SMILES string of the molecule is CCCCN(CC)S(=O)(=O)c1ccc(C(=O)Nc2nc3c(F)cc(F)cc3s2)cc1. The molecular formula is C20H21F2N3O3S2. The van der Waals surface area contributed by atoms with Crippen LogP contribution in [-0.4, -0.2) is 36.7 Å². The summed E-state index contributed by atoms with van der Waals surface area (Å²) in [4.78, 5) is 16.5. The van der Waals surface area contributed by atoms with Gasteiger partial charge in [-0.3, -0.25) is 10.1 Å². The van der Waals surface area contributed by atoms with E-state index in [-0.39, 0.29) is 25.8 Å². The number of sulfonamides is 1. The largest absolute Gasteiger partial charge is 0.298 e. The van der Waals surface area contributed by atoms with Crippen LogP contribution in [0.5, 0.6) is 0 Å². The molecule has 0 fully saturated rings. The fourth-order valence-electron chi connectivity index (χ4n) is 2.89. The van der Waals surface area contributed by atoms with Gasteiger partial charge in [-0.25, -0.2) is 22.2 Å². The first-order valence-electron chi connectivity index (χ1n) is 9.43. The van der Waals surface area contributed by atoms with E-state index in [2.05, 4.69) is 10.3 Å². The van der Waals surface area contributed by atoms with Crippen molar-refractivity contribution in [1.82, 2.24) is 9.29 Å². The molecule has 0 spiro atoms. The Morgan fingerprint density at radius 3 is 2.50 bits per heavy atom. The van der Waals surface area contributed by atoms with E-state index in [1.807, 2.05) is 6.92 Å². The molecule has 0 atom stereocenters. The van der Waals surface area contributed by atoms with Gasteiger partial charge in [-0.15, -0.1) is 0 Å². The number of anilines is 1. The van der Waals surface area contributed by atoms with Gasteiger partial charge in [0.2, 0.25) is 10.0 Å². The Kier molecular flexibility index (Phi) is 6.79. The van der Waals surface area contributed by atoms with Crippen LogP contribution in [0.25, 0.3) is 10.2 Å². The zero-order valence-corrected chi connectivity index (χ0v) is 18.1. The maximum absolute atomic E-state index is 13.8. The van der Waals surface area contributed by atoms with Crippen LogP contribution in [-0.2, 0) is 10.0 Å². The predicted octanol–water partition coefficient (Wildman–Crippen LogP) is 4.64. The molecule has 30 heavy (non-hydrogen) atoms. The van der Waals surface area contributed by atoms with Gasteiger partial charge in [-0.1, -0.05) is 31.6 Å². The van der Waals surface area contributed by atoms with Gasteiger partial charge in [0.25, 0.3) is 5.91 Å². The Morgan fingerprint density at radius 2 is 1.87 bits per heavy atom. The Hall–Kier alpha value is -2.43. The molecular weight excluding hydrogens is 432 g/mol. The second-order valence-electron chi connectivity index (χ2n) is 6.58. The molecule has 0 aliphatic carbocycles. The van der Waals surface area contributed by atoms with Crippen molar-refractivity contribution in [2.45, 2.75) is 31.6 Å². The highest BCUT2D eigenvalue weighted by Crippen LogP contribution is 2.29. The van der Waals surface area contributed by atoms with Crippen molar-refractivity contribution in [3.8, 4) is 0 Å². The van der Waals surface area contributed by atoms with Gasteiger partial charge in [-0.2, -0.15) is 4.31 Å². The summed E-state index contributed by atoms with van der Waals surface area (Å²) in [7, 11) is -3.64. The number of unbranched alkanes of at least 4 members (excludes halogenated alkanes) is 1. The van der Waals surface area contributed by atoms with Gasteiger partial charge < -0.3 is 0 Å². The third kappa shape index (κ3) is 4.66. The van der Waals surface area contributed by atoms with E-state index in [1.165, 1.54) is 28.6 Å². The van der Waals surface area contributed by atoms with Crippen molar-refractivity contribution in [3.05, 3.63) is 53.6 Å². The van der Waals surface area contributed by atoms with E-state index in [4.69, 9.17) is 0 Å². The van der Waals surface area contributed by atoms with Crippen molar-refractivity contribution in [1.29, 1.82) is 0 Å². The van der Waals surface area contributed by atoms with Crippen LogP contribution in [0, 0.1) is 11.6 Å². The molecule has 0 saturated heterocycles. The number of rotatable bonds is 8. The van der Waals surface area contributed by atoms with E-state index in [1.54, 1.807) is 6.92 Å². The molecule has 10 heteroatoms. The number of nitrogens with one attached hydrogen (secondary N) is 1. The molecule has 0 saturated carbocycles. The number of fused-ring (bicyclic) bond motifs is 1. The number of carbonyl (C=O) groups excluding carboxylic acids is 1. The average molecular weight is 454 g/mol. The number of benzene rings is 2. The van der Waals surface area contributed by atoms with Crippen LogP contribution in [0.4, 0.5) is 13.9 Å². The Morgan fingerprint density at radius 1 is 1.17 bits per heavy atom. The van der Waals surface area contributed by atoms with Crippen molar-refractivity contribution >= 4 is 42.6 Å². The van der Waals surface area contributed by atoms with E-state index in [0.717, 1.165) is 36.3 Å². The Labute approximate surface area is 177 Å². The zero-order chi connectivity index (χ0) is 21.9. The molecule has 2 aromatic carbocycles. The lowest BCUT2D eigenvalue weighted by atomic mass is 10.2. The number of halogens is 2. The van der Waals surface area contributed by atoms with Crippen molar-refractivity contribution < 1.29 is 22.0 Å². The number of carbonyl (C=O) groups is 1. The summed E-state index contributed by atoms with van der Waals surface area (Å²) in [6, 6.07) is 7.45. The summed E-state index contributed by atoms with van der Waals surface area (Å²) in [6.07, 6.45) is 1.65. The summed E-state index contributed by atoms with van der Waals surface area (Å²) in [6.45, 7) is 4.57. The van der Waals surface area contributed by atoms with Crippen LogP contribution in [0.15, 0.2) is 41.3 Å². The summed E-state index contributed by atoms with van der Waals surface area (Å²) < 4.78 is 54.3. The van der Waals surface area contributed by atoms with Crippen LogP contribution in [0.2, 0.25) is 0 Å². The third-order valence-corrected chi connectivity index (χ3v) is 7.41. The van der Waals surface area contributed by atoms with Gasteiger partial charge in [0.1, 0.15) is 11.3 Å². The molecule has 0 aliphatic heterocycles. The molecule has 3 rings (SSSR count). The first-order chi connectivity index (χ1) is 14.3. The standard InChI is InChI=1S/C20H21F2N3O3S2/c1-3-5-10-25(4-2)30(27,28)15-8-6-13(7-9-15)19(26)24-20-23-18-16(22)11-14(21)12-17(18)29-20/h6-9,11-12H,3-5,10H2,1-2H3,(H,23,24,26). The molecule has 3 aromatic rings. The molecule has 1 heterocycles. The van der Waals surface area contributed by atoms with Crippen molar-refractivity contribution in [2.75, 3.05) is 18.4 Å². The second-order valence-corrected chi connectivity index (χ2v) is 9.55. The zero-order valence-electron chi connectivity index (χ0n) is 16.5. The summed E-state index contributed by atoms with van der Waals surface area (Å²) in [5.41, 5.74) is 0.196. The minimum atomic E-state index is -3.64. The Balaban J connectivity index is 1.77. The summed E-state index contributed by atoms with van der Waals surface area (Å²) in [5, 5.41) is 2.65. The van der Waals surface area contributed by atoms with Gasteiger partial charge >= 0.3 is 0 Å². The van der Waals surface area contributed by atoms with Crippen molar-refractivity contribution in [2.24, 2.45) is 0 Å². The lowest BCUT2D eigenvalue weighted by Gasteiger charge is -2.20. The maximum Gasteiger partial charge on any atom is 0.257 e. The maximum atomic E-state index is 13.8. The summed E-state index contributed by atoms with van der Waals surface area (Å²) >= 11 is 0.945. The highest BCUT2D eigenvalue weighted by atomic mass is 32.2. The predicted molar refractivity (Wildman–Crippen MR) is 113 cm³/mol. The van der Waals surface area contributed by atoms with E-state index < -0.39 is 27.6 Å². The van der Waals surface area contributed by atoms with Gasteiger partial charge in [0, 0.05) is 24.7 Å². The molecule has 0 aliphatic rings. The van der Waals surface area contributed by atoms with Gasteiger partial charge in [0.15, 0.2) is 10.9 Å². The molecule has 1 aromatic heterocycles. The van der Waals surface area contributed by atoms with Crippen molar-refractivity contribution in [3.63, 3.8) is 0 Å². The molecule has 0 radical (unpaired) electrons. The number of thiazole rings is 1. The molecule has 0 bridgehead atoms. The fraction of sp³-hybridized carbons (Fsp3) is 0.300. The molecule has 6 nitrogen and oxygen atoms in total. The number of aromatic nitrogens is 1. The first-order valence-corrected chi connectivity index (χ1v) is 11.7. The van der Waals surface area contributed by atoms with E-state index in [0.29, 0.717) is 13.1 Å². The van der Waals surface area contributed by atoms with Gasteiger partial charge in [-0.05, 0) is 36.8 Å². The number of nitrogens with zero attached hydrogens (tertiary/aromatic N) is 2. The molecule has 160 valence electrons. The topological polar surface area (TPSA) is 79.4 Å².